The number of carbonyl (C=O) groups excluding carboxylic acids is 1. The SMILES string of the molecule is O=C(CCCc1ccc(-c2cccc(F)c2F)cc1)Nc1cccnc1. The quantitative estimate of drug-likeness (QED) is 0.679. The molecule has 26 heavy (non-hydrogen) atoms. The number of nitrogens with zero attached hydrogens (tertiary/aromatic N) is 1. The molecule has 1 aromatic heterocycles. The van der Waals surface area contributed by atoms with Crippen LogP contribution in [0.2, 0.25) is 0 Å². The van der Waals surface area contributed by atoms with Crippen LogP contribution in [0, 0.1) is 11.6 Å². The Balaban J connectivity index is 1.53. The first-order valence-corrected chi connectivity index (χ1v) is 8.36. The molecule has 0 aliphatic carbocycles. The second-order valence-electron chi connectivity index (χ2n) is 5.94. The summed E-state index contributed by atoms with van der Waals surface area (Å²) in [5.74, 6) is -1.75. The van der Waals surface area contributed by atoms with E-state index >= 15 is 0 Å². The fraction of sp³-hybridized carbons (Fsp3) is 0.143. The minimum Gasteiger partial charge on any atom is -0.325 e. The third-order valence-electron chi connectivity index (χ3n) is 4.03. The Kier molecular flexibility index (Phi) is 5.69. The van der Waals surface area contributed by atoms with E-state index in [0.29, 0.717) is 24.1 Å². The maximum Gasteiger partial charge on any atom is 0.224 e. The number of carbonyl (C=O) groups is 1. The maximum atomic E-state index is 13.8. The number of aryl methyl sites for hydroxylation is 1. The topological polar surface area (TPSA) is 42.0 Å². The third kappa shape index (κ3) is 4.51. The highest BCUT2D eigenvalue weighted by Crippen LogP contribution is 2.25. The average molecular weight is 352 g/mol. The monoisotopic (exact) mass is 352 g/mol. The van der Waals surface area contributed by atoms with Gasteiger partial charge in [-0.2, -0.15) is 0 Å². The molecule has 0 aliphatic heterocycles. The molecule has 0 saturated carbocycles. The van der Waals surface area contributed by atoms with Crippen molar-refractivity contribution in [2.45, 2.75) is 19.3 Å². The van der Waals surface area contributed by atoms with Crippen LogP contribution in [0.5, 0.6) is 0 Å². The molecule has 1 heterocycles. The Morgan fingerprint density at radius 3 is 2.54 bits per heavy atom. The molecular formula is C21H18F2N2O. The second kappa shape index (κ2) is 8.34. The van der Waals surface area contributed by atoms with Gasteiger partial charge in [0.25, 0.3) is 0 Å². The molecule has 1 N–H and O–H groups in total. The number of hydrogen-bond acceptors (Lipinski definition) is 2. The van der Waals surface area contributed by atoms with E-state index in [-0.39, 0.29) is 11.5 Å². The minimum absolute atomic E-state index is 0.0588. The van der Waals surface area contributed by atoms with E-state index in [1.54, 1.807) is 42.7 Å². The van der Waals surface area contributed by atoms with Gasteiger partial charge in [0.1, 0.15) is 0 Å². The maximum absolute atomic E-state index is 13.8. The van der Waals surface area contributed by atoms with Crippen molar-refractivity contribution in [2.24, 2.45) is 0 Å². The van der Waals surface area contributed by atoms with Crippen LogP contribution in [0.3, 0.4) is 0 Å². The normalized spacial score (nSPS) is 10.5. The minimum atomic E-state index is -0.855. The molecule has 0 bridgehead atoms. The van der Waals surface area contributed by atoms with Gasteiger partial charge in [-0.3, -0.25) is 9.78 Å². The van der Waals surface area contributed by atoms with E-state index in [9.17, 15) is 13.6 Å². The Morgan fingerprint density at radius 2 is 1.81 bits per heavy atom. The fourth-order valence-electron chi connectivity index (χ4n) is 2.69. The van der Waals surface area contributed by atoms with E-state index in [1.807, 2.05) is 12.1 Å². The molecule has 0 radical (unpaired) electrons. The van der Waals surface area contributed by atoms with Crippen molar-refractivity contribution in [1.29, 1.82) is 0 Å². The lowest BCUT2D eigenvalue weighted by atomic mass is 10.0. The van der Waals surface area contributed by atoms with E-state index < -0.39 is 11.6 Å². The highest BCUT2D eigenvalue weighted by molar-refractivity contribution is 5.90. The van der Waals surface area contributed by atoms with E-state index in [4.69, 9.17) is 0 Å². The number of pyridine rings is 1. The highest BCUT2D eigenvalue weighted by atomic mass is 19.2. The molecule has 0 fully saturated rings. The van der Waals surface area contributed by atoms with Gasteiger partial charge in [-0.05, 0) is 42.2 Å². The third-order valence-corrected chi connectivity index (χ3v) is 4.03. The van der Waals surface area contributed by atoms with Crippen LogP contribution in [-0.4, -0.2) is 10.9 Å². The number of nitrogens with one attached hydrogen (secondary N) is 1. The summed E-state index contributed by atoms with van der Waals surface area (Å²) in [6.07, 6.45) is 5.07. The number of benzene rings is 2. The number of anilines is 1. The Bertz CT molecular complexity index is 880. The van der Waals surface area contributed by atoms with Crippen LogP contribution in [0.4, 0.5) is 14.5 Å². The largest absolute Gasteiger partial charge is 0.325 e. The lowest BCUT2D eigenvalue weighted by molar-refractivity contribution is -0.116. The van der Waals surface area contributed by atoms with Crippen molar-refractivity contribution >= 4 is 11.6 Å². The average Bonchev–Trinajstić information content (AvgIpc) is 2.65. The first kappa shape index (κ1) is 17.7. The predicted octanol–water partition coefficient (Wildman–Crippen LogP) is 4.99. The van der Waals surface area contributed by atoms with Crippen molar-refractivity contribution in [3.63, 3.8) is 0 Å². The summed E-state index contributed by atoms with van der Waals surface area (Å²) in [5.41, 5.74) is 2.59. The zero-order valence-electron chi connectivity index (χ0n) is 14.1. The molecule has 3 rings (SSSR count). The Hall–Kier alpha value is -3.08. The predicted molar refractivity (Wildman–Crippen MR) is 97.6 cm³/mol. The first-order valence-electron chi connectivity index (χ1n) is 8.36. The van der Waals surface area contributed by atoms with Gasteiger partial charge in [0.15, 0.2) is 11.6 Å². The van der Waals surface area contributed by atoms with Crippen molar-refractivity contribution in [1.82, 2.24) is 4.98 Å². The number of halogens is 2. The summed E-state index contributed by atoms with van der Waals surface area (Å²) in [4.78, 5) is 15.8. The molecule has 0 saturated heterocycles. The molecule has 3 aromatic rings. The van der Waals surface area contributed by atoms with Gasteiger partial charge in [0.05, 0.1) is 11.9 Å². The molecule has 0 aliphatic rings. The smallest absolute Gasteiger partial charge is 0.224 e. The molecule has 132 valence electrons. The standard InChI is InChI=1S/C21H18F2N2O/c22-19-7-2-6-18(21(19)23)16-11-9-15(10-12-16)4-1-8-20(26)25-17-5-3-13-24-14-17/h2-3,5-7,9-14H,1,4,8H2,(H,25,26). The van der Waals surface area contributed by atoms with Gasteiger partial charge >= 0.3 is 0 Å². The molecule has 0 unspecified atom stereocenters. The van der Waals surface area contributed by atoms with Crippen LogP contribution in [0.1, 0.15) is 18.4 Å². The van der Waals surface area contributed by atoms with Crippen molar-refractivity contribution in [3.05, 3.63) is 84.2 Å². The van der Waals surface area contributed by atoms with Crippen molar-refractivity contribution in [2.75, 3.05) is 5.32 Å². The number of hydrogen-bond donors (Lipinski definition) is 1. The fourth-order valence-corrected chi connectivity index (χ4v) is 2.69. The van der Waals surface area contributed by atoms with Crippen LogP contribution in [0.15, 0.2) is 67.0 Å². The molecule has 0 atom stereocenters. The Labute approximate surface area is 150 Å². The zero-order chi connectivity index (χ0) is 18.4. The van der Waals surface area contributed by atoms with Gasteiger partial charge in [0, 0.05) is 18.2 Å². The van der Waals surface area contributed by atoms with Crippen molar-refractivity contribution < 1.29 is 13.6 Å². The summed E-state index contributed by atoms with van der Waals surface area (Å²) in [5, 5.41) is 2.79. The molecule has 3 nitrogen and oxygen atoms in total. The molecule has 1 amide bonds. The summed E-state index contributed by atoms with van der Waals surface area (Å²) < 4.78 is 27.2. The number of aromatic nitrogens is 1. The lowest BCUT2D eigenvalue weighted by Gasteiger charge is -2.07. The molecule has 0 spiro atoms. The zero-order valence-corrected chi connectivity index (χ0v) is 14.1. The lowest BCUT2D eigenvalue weighted by Crippen LogP contribution is -2.11. The first-order chi connectivity index (χ1) is 12.6. The second-order valence-corrected chi connectivity index (χ2v) is 5.94. The van der Waals surface area contributed by atoms with Gasteiger partial charge in [-0.25, -0.2) is 8.78 Å². The van der Waals surface area contributed by atoms with Crippen LogP contribution in [0.25, 0.3) is 11.1 Å². The van der Waals surface area contributed by atoms with Crippen LogP contribution < -0.4 is 5.32 Å². The van der Waals surface area contributed by atoms with Gasteiger partial charge in [0.2, 0.25) is 5.91 Å². The van der Waals surface area contributed by atoms with Crippen LogP contribution in [-0.2, 0) is 11.2 Å². The van der Waals surface area contributed by atoms with Crippen molar-refractivity contribution in [3.8, 4) is 11.1 Å². The molecular weight excluding hydrogens is 334 g/mol. The highest BCUT2D eigenvalue weighted by Gasteiger charge is 2.09. The summed E-state index contributed by atoms with van der Waals surface area (Å²) in [7, 11) is 0. The van der Waals surface area contributed by atoms with Gasteiger partial charge in [-0.1, -0.05) is 36.4 Å². The Morgan fingerprint density at radius 1 is 1.00 bits per heavy atom. The summed E-state index contributed by atoms with van der Waals surface area (Å²) >= 11 is 0. The van der Waals surface area contributed by atoms with Crippen LogP contribution >= 0.6 is 0 Å². The van der Waals surface area contributed by atoms with Gasteiger partial charge in [-0.15, -0.1) is 0 Å². The molecule has 2 aromatic carbocycles. The van der Waals surface area contributed by atoms with E-state index in [2.05, 4.69) is 10.3 Å². The van der Waals surface area contributed by atoms with Gasteiger partial charge < -0.3 is 5.32 Å². The number of amides is 1. The summed E-state index contributed by atoms with van der Waals surface area (Å²) in [6.45, 7) is 0. The summed E-state index contributed by atoms with van der Waals surface area (Å²) in [6, 6.07) is 15.0. The van der Waals surface area contributed by atoms with E-state index in [0.717, 1.165) is 18.1 Å². The number of rotatable bonds is 6. The molecule has 5 heteroatoms. The van der Waals surface area contributed by atoms with E-state index in [1.165, 1.54) is 6.07 Å².